The third-order valence-corrected chi connectivity index (χ3v) is 6.81. The highest BCUT2D eigenvalue weighted by Gasteiger charge is 2.27. The molecule has 0 atom stereocenters. The van der Waals surface area contributed by atoms with Crippen LogP contribution in [-0.2, 0) is 11.3 Å². The number of imidazole rings is 1. The molecule has 0 spiro atoms. The lowest BCUT2D eigenvalue weighted by atomic mass is 10.0. The van der Waals surface area contributed by atoms with Crippen molar-refractivity contribution in [1.82, 2.24) is 24.8 Å². The largest absolute Gasteiger partial charge is 0.512 e. The Kier molecular flexibility index (Phi) is 7.53. The maximum Gasteiger partial charge on any atom is 0.512 e. The number of ether oxygens (including phenoxy) is 1. The molecular formula is C22H25ClN6O5S. The Morgan fingerprint density at radius 1 is 1.29 bits per heavy atom. The average Bonchev–Trinajstić information content (AvgIpc) is 3.36. The van der Waals surface area contributed by atoms with Gasteiger partial charge in [0.2, 0.25) is 16.8 Å². The van der Waals surface area contributed by atoms with Gasteiger partial charge in [-0.3, -0.25) is 9.59 Å². The van der Waals surface area contributed by atoms with Gasteiger partial charge in [0.1, 0.15) is 17.9 Å². The van der Waals surface area contributed by atoms with E-state index in [0.29, 0.717) is 22.4 Å². The second kappa shape index (κ2) is 10.6. The summed E-state index contributed by atoms with van der Waals surface area (Å²) in [6.07, 6.45) is 1.52. The molecule has 186 valence electrons. The molecule has 11 nitrogen and oxygen atoms in total. The summed E-state index contributed by atoms with van der Waals surface area (Å²) in [5, 5.41) is 16.8. The van der Waals surface area contributed by atoms with Crippen LogP contribution >= 0.6 is 22.9 Å². The first kappa shape index (κ1) is 24.9. The molecule has 0 unspecified atom stereocenters. The van der Waals surface area contributed by atoms with Gasteiger partial charge in [0, 0.05) is 36.8 Å². The number of amides is 2. The number of rotatable bonds is 7. The molecule has 1 aliphatic rings. The predicted octanol–water partition coefficient (Wildman–Crippen LogP) is 3.44. The standard InChI is InChI=1S/C22H25ClN6O5S/c1-12(2)28-7-5-14(6-8-28)25-20(31)19-27-18-15(11-35-21(18)34-22(32)33)29(19)10-17(30)26-16-4-3-13(23)9-24-16/h3-4,9,11-12,14H,5-8,10H2,1-2H3,(H,25,31)(H,32,33)(H,24,26,30). The van der Waals surface area contributed by atoms with Gasteiger partial charge in [-0.15, -0.1) is 11.3 Å². The lowest BCUT2D eigenvalue weighted by molar-refractivity contribution is -0.116. The van der Waals surface area contributed by atoms with E-state index < -0.39 is 18.0 Å². The summed E-state index contributed by atoms with van der Waals surface area (Å²) in [5.74, 6) is -0.569. The van der Waals surface area contributed by atoms with Gasteiger partial charge in [-0.25, -0.2) is 14.8 Å². The topological polar surface area (TPSA) is 139 Å². The minimum atomic E-state index is -1.49. The van der Waals surface area contributed by atoms with Crippen molar-refractivity contribution in [3.05, 3.63) is 34.6 Å². The van der Waals surface area contributed by atoms with Crippen molar-refractivity contribution in [2.45, 2.75) is 45.3 Å². The van der Waals surface area contributed by atoms with Gasteiger partial charge in [-0.1, -0.05) is 11.6 Å². The van der Waals surface area contributed by atoms with Crippen LogP contribution in [0.25, 0.3) is 11.0 Å². The number of halogens is 1. The van der Waals surface area contributed by atoms with E-state index in [1.165, 1.54) is 10.8 Å². The molecule has 0 aliphatic carbocycles. The van der Waals surface area contributed by atoms with Crippen molar-refractivity contribution >= 4 is 57.8 Å². The summed E-state index contributed by atoms with van der Waals surface area (Å²) in [6, 6.07) is 3.57. The number of fused-ring (bicyclic) bond motifs is 1. The van der Waals surface area contributed by atoms with E-state index in [-0.39, 0.29) is 29.0 Å². The van der Waals surface area contributed by atoms with Crippen LogP contribution in [0.2, 0.25) is 5.02 Å². The number of likely N-dealkylation sites (tertiary alicyclic amines) is 1. The fourth-order valence-corrected chi connectivity index (χ4v) is 4.92. The number of piperidine rings is 1. The average molecular weight is 521 g/mol. The first-order valence-corrected chi connectivity index (χ1v) is 12.3. The molecule has 4 heterocycles. The zero-order chi connectivity index (χ0) is 25.1. The number of carbonyl (C=O) groups excluding carboxylic acids is 2. The van der Waals surface area contributed by atoms with Crippen LogP contribution in [0.1, 0.15) is 37.3 Å². The van der Waals surface area contributed by atoms with E-state index in [1.807, 2.05) is 0 Å². The second-order valence-electron chi connectivity index (χ2n) is 8.43. The number of aromatic nitrogens is 3. The maximum absolute atomic E-state index is 13.2. The van der Waals surface area contributed by atoms with Gasteiger partial charge < -0.3 is 29.9 Å². The Morgan fingerprint density at radius 2 is 2.03 bits per heavy atom. The lowest BCUT2D eigenvalue weighted by Gasteiger charge is -2.34. The van der Waals surface area contributed by atoms with Gasteiger partial charge in [0.25, 0.3) is 5.91 Å². The van der Waals surface area contributed by atoms with Crippen LogP contribution < -0.4 is 15.4 Å². The van der Waals surface area contributed by atoms with Gasteiger partial charge in [0.05, 0.1) is 10.5 Å². The highest BCUT2D eigenvalue weighted by molar-refractivity contribution is 7.13. The van der Waals surface area contributed by atoms with Gasteiger partial charge in [-0.05, 0) is 38.8 Å². The first-order valence-electron chi connectivity index (χ1n) is 11.1. The number of thiophene rings is 1. The maximum atomic E-state index is 13.2. The van der Waals surface area contributed by atoms with E-state index in [2.05, 4.69) is 39.3 Å². The molecule has 2 amide bonds. The molecule has 3 aromatic rings. The quantitative estimate of drug-likeness (QED) is 0.403. The Balaban J connectivity index is 1.56. The minimum absolute atomic E-state index is 0.00328. The van der Waals surface area contributed by atoms with Gasteiger partial charge in [0.15, 0.2) is 0 Å². The molecular weight excluding hydrogens is 496 g/mol. The third kappa shape index (κ3) is 5.89. The molecule has 0 saturated carbocycles. The molecule has 1 aliphatic heterocycles. The summed E-state index contributed by atoms with van der Waals surface area (Å²) in [4.78, 5) is 47.8. The zero-order valence-electron chi connectivity index (χ0n) is 19.2. The fourth-order valence-electron chi connectivity index (χ4n) is 3.97. The van der Waals surface area contributed by atoms with E-state index in [0.717, 1.165) is 37.3 Å². The number of nitrogens with one attached hydrogen (secondary N) is 2. The number of carbonyl (C=O) groups is 3. The number of pyridine rings is 1. The minimum Gasteiger partial charge on any atom is -0.449 e. The van der Waals surface area contributed by atoms with E-state index in [9.17, 15) is 14.4 Å². The molecule has 0 aromatic carbocycles. The molecule has 1 saturated heterocycles. The second-order valence-corrected chi connectivity index (χ2v) is 9.71. The molecule has 3 aromatic heterocycles. The zero-order valence-corrected chi connectivity index (χ0v) is 20.7. The molecule has 1 fully saturated rings. The molecule has 3 N–H and O–H groups in total. The van der Waals surface area contributed by atoms with Crippen molar-refractivity contribution in [1.29, 1.82) is 0 Å². The normalized spacial score (nSPS) is 14.9. The summed E-state index contributed by atoms with van der Waals surface area (Å²) in [6.45, 7) is 5.80. The summed E-state index contributed by atoms with van der Waals surface area (Å²) in [5.41, 5.74) is 0.625. The molecule has 35 heavy (non-hydrogen) atoms. The SMILES string of the molecule is CC(C)N1CCC(NC(=O)c2nc3c(OC(=O)O)scc3n2CC(=O)Nc2ccc(Cl)cn2)CC1. The highest BCUT2D eigenvalue weighted by Crippen LogP contribution is 2.33. The lowest BCUT2D eigenvalue weighted by Crippen LogP contribution is -2.47. The van der Waals surface area contributed by atoms with Gasteiger partial charge >= 0.3 is 6.16 Å². The van der Waals surface area contributed by atoms with Crippen LogP contribution in [-0.4, -0.2) is 67.7 Å². The monoisotopic (exact) mass is 520 g/mol. The molecule has 13 heteroatoms. The van der Waals surface area contributed by atoms with Crippen molar-refractivity contribution in [2.24, 2.45) is 0 Å². The Morgan fingerprint density at radius 3 is 2.66 bits per heavy atom. The predicted molar refractivity (Wildman–Crippen MR) is 131 cm³/mol. The van der Waals surface area contributed by atoms with Crippen LogP contribution in [0.3, 0.4) is 0 Å². The van der Waals surface area contributed by atoms with E-state index in [1.54, 1.807) is 17.5 Å². The summed E-state index contributed by atoms with van der Waals surface area (Å²) < 4.78 is 6.26. The Bertz CT molecular complexity index is 1230. The number of hydrogen-bond acceptors (Lipinski definition) is 8. The van der Waals surface area contributed by atoms with Crippen LogP contribution in [0.4, 0.5) is 10.6 Å². The Hall–Kier alpha value is -3.22. The van der Waals surface area contributed by atoms with Crippen LogP contribution in [0, 0.1) is 0 Å². The van der Waals surface area contributed by atoms with Crippen molar-refractivity contribution in [3.8, 4) is 5.06 Å². The number of hydrogen-bond donors (Lipinski definition) is 3. The number of carboxylic acid groups (broad SMARTS) is 1. The highest BCUT2D eigenvalue weighted by atomic mass is 35.5. The van der Waals surface area contributed by atoms with Crippen molar-refractivity contribution in [3.63, 3.8) is 0 Å². The first-order chi connectivity index (χ1) is 16.7. The van der Waals surface area contributed by atoms with E-state index in [4.69, 9.17) is 21.4 Å². The van der Waals surface area contributed by atoms with Crippen molar-refractivity contribution < 1.29 is 24.2 Å². The van der Waals surface area contributed by atoms with Crippen molar-refractivity contribution in [2.75, 3.05) is 18.4 Å². The van der Waals surface area contributed by atoms with Crippen LogP contribution in [0.5, 0.6) is 5.06 Å². The molecule has 0 bridgehead atoms. The Labute approximate surface area is 210 Å². The van der Waals surface area contributed by atoms with Gasteiger partial charge in [-0.2, -0.15) is 0 Å². The summed E-state index contributed by atoms with van der Waals surface area (Å²) >= 11 is 6.86. The molecule has 4 rings (SSSR count). The smallest absolute Gasteiger partial charge is 0.449 e. The number of nitrogens with zero attached hydrogens (tertiary/aromatic N) is 4. The third-order valence-electron chi connectivity index (χ3n) is 5.75. The molecule has 0 radical (unpaired) electrons. The summed E-state index contributed by atoms with van der Waals surface area (Å²) in [7, 11) is 0. The fraction of sp³-hybridized carbons (Fsp3) is 0.409. The van der Waals surface area contributed by atoms with Crippen LogP contribution in [0.15, 0.2) is 23.7 Å². The number of anilines is 1. The van der Waals surface area contributed by atoms with E-state index >= 15 is 0 Å².